The SMILES string of the molecule is CCOC(=O)[C@H]1CCCN(c2ccc(-n3ccc(C)n3)nn2)C1. The molecule has 3 rings (SSSR count). The van der Waals surface area contributed by atoms with Gasteiger partial charge in [0, 0.05) is 19.3 Å². The van der Waals surface area contributed by atoms with E-state index in [9.17, 15) is 4.79 Å². The maximum absolute atomic E-state index is 11.9. The van der Waals surface area contributed by atoms with Crippen molar-refractivity contribution in [1.29, 1.82) is 0 Å². The Morgan fingerprint density at radius 1 is 1.30 bits per heavy atom. The summed E-state index contributed by atoms with van der Waals surface area (Å²) in [6.45, 7) is 5.70. The minimum absolute atomic E-state index is 0.0843. The second-order valence-electron chi connectivity index (χ2n) is 5.69. The zero-order valence-electron chi connectivity index (χ0n) is 13.5. The first-order valence-electron chi connectivity index (χ1n) is 7.95. The molecular weight excluding hydrogens is 294 g/mol. The number of hydrogen-bond donors (Lipinski definition) is 0. The molecule has 0 aromatic carbocycles. The van der Waals surface area contributed by atoms with Gasteiger partial charge in [0.1, 0.15) is 0 Å². The van der Waals surface area contributed by atoms with Crippen LogP contribution >= 0.6 is 0 Å². The summed E-state index contributed by atoms with van der Waals surface area (Å²) >= 11 is 0. The Bertz CT molecular complexity index is 667. The number of esters is 1. The van der Waals surface area contributed by atoms with Crippen LogP contribution in [0.25, 0.3) is 5.82 Å². The Kier molecular flexibility index (Phi) is 4.55. The van der Waals surface area contributed by atoms with Crippen LogP contribution < -0.4 is 4.90 Å². The van der Waals surface area contributed by atoms with Crippen molar-refractivity contribution in [3.8, 4) is 5.82 Å². The van der Waals surface area contributed by atoms with Crippen LogP contribution in [0.1, 0.15) is 25.5 Å². The van der Waals surface area contributed by atoms with Gasteiger partial charge in [0.25, 0.3) is 0 Å². The van der Waals surface area contributed by atoms with Crippen molar-refractivity contribution < 1.29 is 9.53 Å². The Balaban J connectivity index is 1.70. The van der Waals surface area contributed by atoms with Gasteiger partial charge in [-0.05, 0) is 44.9 Å². The van der Waals surface area contributed by atoms with E-state index in [1.54, 1.807) is 4.68 Å². The van der Waals surface area contributed by atoms with Crippen LogP contribution in [0.15, 0.2) is 24.4 Å². The number of anilines is 1. The van der Waals surface area contributed by atoms with E-state index in [1.807, 2.05) is 38.2 Å². The van der Waals surface area contributed by atoms with E-state index in [0.717, 1.165) is 30.9 Å². The molecule has 2 aromatic heterocycles. The highest BCUT2D eigenvalue weighted by atomic mass is 16.5. The molecule has 0 saturated carbocycles. The number of nitrogens with zero attached hydrogens (tertiary/aromatic N) is 5. The quantitative estimate of drug-likeness (QED) is 0.800. The second kappa shape index (κ2) is 6.76. The molecule has 2 aromatic rings. The molecule has 1 aliphatic rings. The van der Waals surface area contributed by atoms with Gasteiger partial charge in [-0.1, -0.05) is 0 Å². The molecule has 0 radical (unpaired) electrons. The van der Waals surface area contributed by atoms with Gasteiger partial charge in [-0.3, -0.25) is 4.79 Å². The van der Waals surface area contributed by atoms with Gasteiger partial charge in [0.2, 0.25) is 0 Å². The molecule has 7 heteroatoms. The summed E-state index contributed by atoms with van der Waals surface area (Å²) < 4.78 is 6.83. The number of piperidine rings is 1. The summed E-state index contributed by atoms with van der Waals surface area (Å²) in [7, 11) is 0. The van der Waals surface area contributed by atoms with Gasteiger partial charge in [-0.2, -0.15) is 5.10 Å². The van der Waals surface area contributed by atoms with Crippen LogP contribution in [-0.4, -0.2) is 45.6 Å². The van der Waals surface area contributed by atoms with E-state index in [-0.39, 0.29) is 11.9 Å². The number of aromatic nitrogens is 4. The summed E-state index contributed by atoms with van der Waals surface area (Å²) in [5, 5.41) is 12.8. The number of ether oxygens (including phenoxy) is 1. The highest BCUT2D eigenvalue weighted by molar-refractivity contribution is 5.73. The summed E-state index contributed by atoms with van der Waals surface area (Å²) in [6, 6.07) is 5.74. The first kappa shape index (κ1) is 15.5. The van der Waals surface area contributed by atoms with E-state index in [1.165, 1.54) is 0 Å². The standard InChI is InChI=1S/C16H21N5O2/c1-3-23-16(22)13-5-4-9-20(11-13)14-6-7-15(18-17-14)21-10-8-12(2)19-21/h6-8,10,13H,3-5,9,11H2,1-2H3/t13-/m0/s1. The fourth-order valence-corrected chi connectivity index (χ4v) is 2.79. The highest BCUT2D eigenvalue weighted by Crippen LogP contribution is 2.22. The van der Waals surface area contributed by atoms with E-state index in [0.29, 0.717) is 19.0 Å². The van der Waals surface area contributed by atoms with E-state index in [2.05, 4.69) is 20.2 Å². The van der Waals surface area contributed by atoms with Crippen molar-refractivity contribution in [3.63, 3.8) is 0 Å². The summed E-state index contributed by atoms with van der Waals surface area (Å²) in [4.78, 5) is 14.0. The maximum atomic E-state index is 11.9. The zero-order chi connectivity index (χ0) is 16.2. The van der Waals surface area contributed by atoms with Crippen LogP contribution in [0.5, 0.6) is 0 Å². The number of hydrogen-bond acceptors (Lipinski definition) is 6. The Hall–Kier alpha value is -2.44. The predicted molar refractivity (Wildman–Crippen MR) is 85.5 cm³/mol. The molecule has 0 bridgehead atoms. The van der Waals surface area contributed by atoms with Crippen molar-refractivity contribution in [3.05, 3.63) is 30.1 Å². The molecule has 0 unspecified atom stereocenters. The summed E-state index contributed by atoms with van der Waals surface area (Å²) in [5.41, 5.74) is 0.934. The molecule has 1 atom stereocenters. The number of rotatable bonds is 4. The first-order chi connectivity index (χ1) is 11.2. The molecule has 7 nitrogen and oxygen atoms in total. The lowest BCUT2D eigenvalue weighted by Crippen LogP contribution is -2.40. The molecule has 0 aliphatic carbocycles. The van der Waals surface area contributed by atoms with Crippen molar-refractivity contribution in [2.75, 3.05) is 24.6 Å². The average molecular weight is 315 g/mol. The summed E-state index contributed by atoms with van der Waals surface area (Å²) in [5.74, 6) is 1.26. The third-order valence-corrected chi connectivity index (χ3v) is 3.96. The number of carbonyl (C=O) groups is 1. The monoisotopic (exact) mass is 315 g/mol. The van der Waals surface area contributed by atoms with Crippen LogP contribution in [0, 0.1) is 12.8 Å². The normalized spacial score (nSPS) is 18.0. The van der Waals surface area contributed by atoms with E-state index in [4.69, 9.17) is 4.74 Å². The molecular formula is C16H21N5O2. The van der Waals surface area contributed by atoms with Crippen LogP contribution in [-0.2, 0) is 9.53 Å². The molecule has 122 valence electrons. The maximum Gasteiger partial charge on any atom is 0.310 e. The second-order valence-corrected chi connectivity index (χ2v) is 5.69. The molecule has 0 spiro atoms. The van der Waals surface area contributed by atoms with Crippen LogP contribution in [0.3, 0.4) is 0 Å². The van der Waals surface area contributed by atoms with Crippen molar-refractivity contribution in [2.45, 2.75) is 26.7 Å². The fraction of sp³-hybridized carbons (Fsp3) is 0.500. The minimum atomic E-state index is -0.117. The zero-order valence-corrected chi connectivity index (χ0v) is 13.5. The molecule has 1 fully saturated rings. The Labute approximate surface area is 135 Å². The highest BCUT2D eigenvalue weighted by Gasteiger charge is 2.27. The molecule has 3 heterocycles. The molecule has 23 heavy (non-hydrogen) atoms. The molecule has 1 saturated heterocycles. The smallest absolute Gasteiger partial charge is 0.310 e. The van der Waals surface area contributed by atoms with Gasteiger partial charge < -0.3 is 9.64 Å². The number of aryl methyl sites for hydroxylation is 1. The van der Waals surface area contributed by atoms with Gasteiger partial charge in [0.05, 0.1) is 18.2 Å². The lowest BCUT2D eigenvalue weighted by molar-refractivity contribution is -0.148. The van der Waals surface area contributed by atoms with Gasteiger partial charge in [-0.25, -0.2) is 4.68 Å². The van der Waals surface area contributed by atoms with Crippen LogP contribution in [0.4, 0.5) is 5.82 Å². The predicted octanol–water partition coefficient (Wildman–Crippen LogP) is 1.75. The third-order valence-electron chi connectivity index (χ3n) is 3.96. The largest absolute Gasteiger partial charge is 0.466 e. The number of carbonyl (C=O) groups excluding carboxylic acids is 1. The molecule has 1 aliphatic heterocycles. The van der Waals surface area contributed by atoms with Crippen molar-refractivity contribution >= 4 is 11.8 Å². The third kappa shape index (κ3) is 3.49. The lowest BCUT2D eigenvalue weighted by atomic mass is 9.98. The topological polar surface area (TPSA) is 73.1 Å². The molecule has 0 amide bonds. The van der Waals surface area contributed by atoms with E-state index < -0.39 is 0 Å². The Morgan fingerprint density at radius 3 is 2.74 bits per heavy atom. The van der Waals surface area contributed by atoms with Crippen molar-refractivity contribution in [1.82, 2.24) is 20.0 Å². The Morgan fingerprint density at radius 2 is 2.09 bits per heavy atom. The van der Waals surface area contributed by atoms with Crippen molar-refractivity contribution in [2.24, 2.45) is 5.92 Å². The van der Waals surface area contributed by atoms with Gasteiger partial charge in [-0.15, -0.1) is 10.2 Å². The lowest BCUT2D eigenvalue weighted by Gasteiger charge is -2.32. The average Bonchev–Trinajstić information content (AvgIpc) is 3.02. The van der Waals surface area contributed by atoms with Gasteiger partial charge in [0.15, 0.2) is 11.6 Å². The van der Waals surface area contributed by atoms with Crippen LogP contribution in [0.2, 0.25) is 0 Å². The van der Waals surface area contributed by atoms with E-state index >= 15 is 0 Å². The van der Waals surface area contributed by atoms with Gasteiger partial charge >= 0.3 is 5.97 Å². The first-order valence-corrected chi connectivity index (χ1v) is 7.95. The summed E-state index contributed by atoms with van der Waals surface area (Å²) in [6.07, 6.45) is 3.68. The minimum Gasteiger partial charge on any atom is -0.466 e. The molecule has 0 N–H and O–H groups in total. The fourth-order valence-electron chi connectivity index (χ4n) is 2.79.